The molecule has 1 heterocycles. The number of aromatic nitrogens is 2. The number of halogens is 3. The second kappa shape index (κ2) is 4.64. The smallest absolute Gasteiger partial charge is 0.363 e. The van der Waals surface area contributed by atoms with Crippen LogP contribution >= 0.6 is 11.3 Å². The van der Waals surface area contributed by atoms with Gasteiger partial charge in [0.15, 0.2) is 0 Å². The van der Waals surface area contributed by atoms with Crippen LogP contribution in [0, 0.1) is 0 Å². The SMILES string of the molecule is CNc1nnc(C(=O)N(C)CC(F)(F)F)s1. The Bertz CT molecular complexity index is 378. The summed E-state index contributed by atoms with van der Waals surface area (Å²) < 4.78 is 36.0. The molecule has 1 amide bonds. The molecule has 0 saturated carbocycles. The number of hydrogen-bond donors (Lipinski definition) is 1. The van der Waals surface area contributed by atoms with Gasteiger partial charge in [0.05, 0.1) is 0 Å². The number of hydrogen-bond acceptors (Lipinski definition) is 5. The summed E-state index contributed by atoms with van der Waals surface area (Å²) in [6.45, 7) is -1.31. The van der Waals surface area contributed by atoms with E-state index in [-0.39, 0.29) is 5.01 Å². The molecular weight excluding hydrogens is 245 g/mol. The Kier molecular flexibility index (Phi) is 3.68. The summed E-state index contributed by atoms with van der Waals surface area (Å²) in [5, 5.41) is 10.00. The molecular formula is C7H9F3N4OS. The zero-order chi connectivity index (χ0) is 12.3. The summed E-state index contributed by atoms with van der Waals surface area (Å²) in [6, 6.07) is 0. The summed E-state index contributed by atoms with van der Waals surface area (Å²) >= 11 is 0.903. The monoisotopic (exact) mass is 254 g/mol. The summed E-state index contributed by atoms with van der Waals surface area (Å²) in [4.78, 5) is 12.0. The average molecular weight is 254 g/mol. The van der Waals surface area contributed by atoms with E-state index >= 15 is 0 Å². The maximum atomic E-state index is 12.0. The van der Waals surface area contributed by atoms with E-state index in [1.54, 1.807) is 7.05 Å². The first-order chi connectivity index (χ1) is 7.33. The van der Waals surface area contributed by atoms with Gasteiger partial charge in [-0.2, -0.15) is 13.2 Å². The van der Waals surface area contributed by atoms with Gasteiger partial charge >= 0.3 is 6.18 Å². The largest absolute Gasteiger partial charge is 0.406 e. The van der Waals surface area contributed by atoms with Crippen LogP contribution in [-0.4, -0.2) is 47.8 Å². The van der Waals surface area contributed by atoms with Crippen molar-refractivity contribution < 1.29 is 18.0 Å². The van der Waals surface area contributed by atoms with Crippen molar-refractivity contribution in [3.8, 4) is 0 Å². The van der Waals surface area contributed by atoms with Crippen LogP contribution in [0.25, 0.3) is 0 Å². The molecule has 1 rings (SSSR count). The van der Waals surface area contributed by atoms with Crippen LogP contribution < -0.4 is 5.32 Å². The highest BCUT2D eigenvalue weighted by atomic mass is 32.1. The fourth-order valence-electron chi connectivity index (χ4n) is 0.915. The normalized spacial score (nSPS) is 11.3. The van der Waals surface area contributed by atoms with E-state index in [0.29, 0.717) is 10.0 Å². The van der Waals surface area contributed by atoms with Gasteiger partial charge in [0, 0.05) is 14.1 Å². The van der Waals surface area contributed by atoms with E-state index in [1.165, 1.54) is 0 Å². The van der Waals surface area contributed by atoms with Crippen molar-refractivity contribution in [2.24, 2.45) is 0 Å². The Morgan fingerprint density at radius 2 is 2.12 bits per heavy atom. The summed E-state index contributed by atoms with van der Waals surface area (Å²) in [5.41, 5.74) is 0. The highest BCUT2D eigenvalue weighted by Gasteiger charge is 2.32. The minimum atomic E-state index is -4.42. The standard InChI is InChI=1S/C7H9F3N4OS/c1-11-6-13-12-4(16-6)5(15)14(2)3-7(8,9)10/h3H2,1-2H3,(H,11,13). The van der Waals surface area contributed by atoms with E-state index < -0.39 is 18.6 Å². The Labute approximate surface area is 93.3 Å². The van der Waals surface area contributed by atoms with Gasteiger partial charge in [0.25, 0.3) is 5.91 Å². The van der Waals surface area contributed by atoms with E-state index in [1.807, 2.05) is 0 Å². The molecule has 16 heavy (non-hydrogen) atoms. The van der Waals surface area contributed by atoms with Gasteiger partial charge in [-0.25, -0.2) is 0 Å². The summed E-state index contributed by atoms with van der Waals surface area (Å²) in [6.07, 6.45) is -4.42. The quantitative estimate of drug-likeness (QED) is 0.881. The molecule has 0 aromatic carbocycles. The van der Waals surface area contributed by atoms with Crippen molar-refractivity contribution in [3.05, 3.63) is 5.01 Å². The van der Waals surface area contributed by atoms with Crippen LogP contribution in [0.1, 0.15) is 9.80 Å². The molecule has 0 atom stereocenters. The van der Waals surface area contributed by atoms with Crippen LogP contribution in [-0.2, 0) is 0 Å². The number of alkyl halides is 3. The van der Waals surface area contributed by atoms with Crippen LogP contribution in [0.4, 0.5) is 18.3 Å². The number of rotatable bonds is 3. The molecule has 0 saturated heterocycles. The number of anilines is 1. The molecule has 0 unspecified atom stereocenters. The second-order valence-corrected chi connectivity index (χ2v) is 3.92. The van der Waals surface area contributed by atoms with Crippen LogP contribution in [0.2, 0.25) is 0 Å². The molecule has 5 nitrogen and oxygen atoms in total. The van der Waals surface area contributed by atoms with Gasteiger partial charge in [0.1, 0.15) is 6.54 Å². The van der Waals surface area contributed by atoms with Gasteiger partial charge in [-0.1, -0.05) is 11.3 Å². The molecule has 1 aromatic rings. The molecule has 0 aliphatic carbocycles. The fraction of sp³-hybridized carbons (Fsp3) is 0.571. The van der Waals surface area contributed by atoms with Crippen molar-refractivity contribution in [1.29, 1.82) is 0 Å². The Morgan fingerprint density at radius 1 is 1.50 bits per heavy atom. The Balaban J connectivity index is 2.70. The van der Waals surface area contributed by atoms with Crippen LogP contribution in [0.5, 0.6) is 0 Å². The third kappa shape index (κ3) is 3.33. The average Bonchev–Trinajstić information content (AvgIpc) is 2.61. The lowest BCUT2D eigenvalue weighted by Gasteiger charge is -2.16. The molecule has 0 fully saturated rings. The molecule has 1 N–H and O–H groups in total. The molecule has 0 aliphatic heterocycles. The van der Waals surface area contributed by atoms with E-state index in [4.69, 9.17) is 0 Å². The van der Waals surface area contributed by atoms with Gasteiger partial charge in [-0.3, -0.25) is 4.79 Å². The number of nitrogens with one attached hydrogen (secondary N) is 1. The molecule has 90 valence electrons. The van der Waals surface area contributed by atoms with Gasteiger partial charge in [-0.15, -0.1) is 10.2 Å². The predicted molar refractivity (Wildman–Crippen MR) is 52.5 cm³/mol. The van der Waals surface area contributed by atoms with Gasteiger partial charge < -0.3 is 10.2 Å². The van der Waals surface area contributed by atoms with E-state index in [0.717, 1.165) is 18.4 Å². The third-order valence-corrected chi connectivity index (χ3v) is 2.51. The van der Waals surface area contributed by atoms with Crippen molar-refractivity contribution in [2.75, 3.05) is 26.0 Å². The fourth-order valence-corrected chi connectivity index (χ4v) is 1.61. The van der Waals surface area contributed by atoms with Crippen molar-refractivity contribution >= 4 is 22.4 Å². The molecule has 0 aliphatic rings. The summed E-state index contributed by atoms with van der Waals surface area (Å²) in [5.74, 6) is -0.795. The number of carbonyl (C=O) groups excluding carboxylic acids is 1. The first-order valence-electron chi connectivity index (χ1n) is 4.17. The van der Waals surface area contributed by atoms with E-state index in [2.05, 4.69) is 15.5 Å². The lowest BCUT2D eigenvalue weighted by atomic mass is 10.5. The lowest BCUT2D eigenvalue weighted by Crippen LogP contribution is -2.35. The highest BCUT2D eigenvalue weighted by Crippen LogP contribution is 2.19. The zero-order valence-electron chi connectivity index (χ0n) is 8.50. The van der Waals surface area contributed by atoms with Crippen molar-refractivity contribution in [3.63, 3.8) is 0 Å². The number of nitrogens with zero attached hydrogens (tertiary/aromatic N) is 3. The third-order valence-electron chi connectivity index (χ3n) is 1.58. The number of carbonyl (C=O) groups is 1. The maximum absolute atomic E-state index is 12.0. The topological polar surface area (TPSA) is 58.1 Å². The zero-order valence-corrected chi connectivity index (χ0v) is 9.32. The molecule has 0 radical (unpaired) electrons. The number of amides is 1. The maximum Gasteiger partial charge on any atom is 0.406 e. The molecule has 0 bridgehead atoms. The second-order valence-electron chi connectivity index (χ2n) is 2.94. The van der Waals surface area contributed by atoms with Crippen LogP contribution in [0.15, 0.2) is 0 Å². The van der Waals surface area contributed by atoms with Crippen molar-refractivity contribution in [2.45, 2.75) is 6.18 Å². The van der Waals surface area contributed by atoms with E-state index in [9.17, 15) is 18.0 Å². The van der Waals surface area contributed by atoms with Crippen LogP contribution in [0.3, 0.4) is 0 Å². The van der Waals surface area contributed by atoms with Gasteiger partial charge in [0.2, 0.25) is 10.1 Å². The first-order valence-corrected chi connectivity index (χ1v) is 4.98. The first kappa shape index (κ1) is 12.7. The Hall–Kier alpha value is -1.38. The minimum absolute atomic E-state index is 0.0731. The predicted octanol–water partition coefficient (Wildman–Crippen LogP) is 1.21. The highest BCUT2D eigenvalue weighted by molar-refractivity contribution is 7.17. The lowest BCUT2D eigenvalue weighted by molar-refractivity contribution is -0.138. The Morgan fingerprint density at radius 3 is 2.56 bits per heavy atom. The minimum Gasteiger partial charge on any atom is -0.363 e. The summed E-state index contributed by atoms with van der Waals surface area (Å²) in [7, 11) is 2.64. The molecule has 1 aromatic heterocycles. The molecule has 9 heteroatoms. The van der Waals surface area contributed by atoms with Gasteiger partial charge in [-0.05, 0) is 0 Å². The van der Waals surface area contributed by atoms with Crippen molar-refractivity contribution in [1.82, 2.24) is 15.1 Å². The molecule has 0 spiro atoms.